The summed E-state index contributed by atoms with van der Waals surface area (Å²) in [6.07, 6.45) is 1.46. The Morgan fingerprint density at radius 2 is 2.00 bits per heavy atom. The number of nitrogens with one attached hydrogen (secondary N) is 1. The molecule has 0 bridgehead atoms. The van der Waals surface area contributed by atoms with Crippen LogP contribution in [0, 0.1) is 23.0 Å². The second-order valence-electron chi connectivity index (χ2n) is 5.08. The maximum absolute atomic E-state index is 13.9. The zero-order chi connectivity index (χ0) is 18.7. The number of nitrogens with zero attached hydrogens (tertiary/aromatic N) is 2. The van der Waals surface area contributed by atoms with Crippen molar-refractivity contribution in [3.63, 3.8) is 0 Å². The van der Waals surface area contributed by atoms with E-state index in [4.69, 9.17) is 4.74 Å². The molecule has 0 saturated heterocycles. The van der Waals surface area contributed by atoms with Crippen LogP contribution in [0.15, 0.2) is 52.5 Å². The molecule has 0 radical (unpaired) electrons. The first-order valence-corrected chi connectivity index (χ1v) is 8.21. The van der Waals surface area contributed by atoms with Crippen LogP contribution < -0.4 is 10.1 Å². The topological polar surface area (TPSA) is 75.0 Å². The van der Waals surface area contributed by atoms with Crippen molar-refractivity contribution >= 4 is 23.2 Å². The van der Waals surface area contributed by atoms with Gasteiger partial charge in [0.25, 0.3) is 0 Å². The monoisotopic (exact) mass is 371 g/mol. The highest BCUT2D eigenvalue weighted by atomic mass is 32.2. The summed E-state index contributed by atoms with van der Waals surface area (Å²) in [5.74, 6) is -2.01. The second kappa shape index (κ2) is 7.37. The fraction of sp³-hybridized carbons (Fsp3) is 0.0556. The molecule has 1 aromatic carbocycles. The van der Waals surface area contributed by atoms with Crippen LogP contribution in [0.1, 0.15) is 15.9 Å². The van der Waals surface area contributed by atoms with E-state index in [-0.39, 0.29) is 33.3 Å². The number of allylic oxidation sites excluding steroid dienone is 1. The molecule has 2 aromatic rings. The van der Waals surface area contributed by atoms with Crippen LogP contribution in [0.4, 0.5) is 8.78 Å². The highest BCUT2D eigenvalue weighted by Crippen LogP contribution is 2.35. The Hall–Kier alpha value is -3.18. The van der Waals surface area contributed by atoms with Gasteiger partial charge < -0.3 is 10.1 Å². The summed E-state index contributed by atoms with van der Waals surface area (Å²) in [6, 6.07) is 8.38. The van der Waals surface area contributed by atoms with Crippen molar-refractivity contribution in [2.45, 2.75) is 0 Å². The molecule has 2 heterocycles. The van der Waals surface area contributed by atoms with Gasteiger partial charge in [-0.3, -0.25) is 4.79 Å². The summed E-state index contributed by atoms with van der Waals surface area (Å²) in [5, 5.41) is 13.8. The highest BCUT2D eigenvalue weighted by Gasteiger charge is 2.26. The van der Waals surface area contributed by atoms with Crippen molar-refractivity contribution in [3.8, 4) is 11.9 Å². The first-order valence-electron chi connectivity index (χ1n) is 7.33. The number of Topliss-reactive ketones (excluding diaryl/α,β-unsaturated/α-hetero) is 1. The molecule has 0 spiro atoms. The van der Waals surface area contributed by atoms with Crippen LogP contribution in [0.25, 0.3) is 5.70 Å². The van der Waals surface area contributed by atoms with Crippen LogP contribution in [0.2, 0.25) is 0 Å². The number of aromatic nitrogens is 1. The quantitative estimate of drug-likeness (QED) is 0.503. The molecule has 0 aliphatic carbocycles. The highest BCUT2D eigenvalue weighted by molar-refractivity contribution is 8.06. The molecule has 0 fully saturated rings. The number of ketones is 1. The maximum Gasteiger partial charge on any atom is 0.224 e. The fourth-order valence-corrected chi connectivity index (χ4v) is 3.20. The number of nitriles is 1. The lowest BCUT2D eigenvalue weighted by Crippen LogP contribution is -2.14. The van der Waals surface area contributed by atoms with Gasteiger partial charge in [-0.15, -0.1) is 0 Å². The molecule has 1 aromatic heterocycles. The summed E-state index contributed by atoms with van der Waals surface area (Å²) in [6.45, 7) is 0. The third-order valence-electron chi connectivity index (χ3n) is 3.55. The van der Waals surface area contributed by atoms with E-state index in [0.717, 1.165) is 23.9 Å². The van der Waals surface area contributed by atoms with E-state index in [1.807, 2.05) is 6.07 Å². The first-order chi connectivity index (χ1) is 12.6. The van der Waals surface area contributed by atoms with E-state index in [9.17, 15) is 18.8 Å². The number of ether oxygens (including phenoxy) is 1. The Balaban J connectivity index is 1.96. The van der Waals surface area contributed by atoms with E-state index < -0.39 is 17.4 Å². The molecule has 1 aliphatic rings. The third-order valence-corrected chi connectivity index (χ3v) is 4.45. The molecule has 5 nitrogen and oxygen atoms in total. The summed E-state index contributed by atoms with van der Waals surface area (Å²) < 4.78 is 32.9. The van der Waals surface area contributed by atoms with Gasteiger partial charge in [-0.2, -0.15) is 5.26 Å². The normalized spacial score (nSPS) is 14.9. The lowest BCUT2D eigenvalue weighted by atomic mass is 10.1. The minimum absolute atomic E-state index is 0.0853. The van der Waals surface area contributed by atoms with Crippen LogP contribution in [0.3, 0.4) is 0 Å². The number of hydrogen-bond acceptors (Lipinski definition) is 6. The molecule has 8 heteroatoms. The van der Waals surface area contributed by atoms with E-state index in [1.54, 1.807) is 6.07 Å². The third kappa shape index (κ3) is 3.17. The lowest BCUT2D eigenvalue weighted by molar-refractivity contribution is 0.103. The van der Waals surface area contributed by atoms with Gasteiger partial charge in [0.1, 0.15) is 23.3 Å². The number of methoxy groups -OCH3 is 1. The van der Waals surface area contributed by atoms with Gasteiger partial charge in [-0.25, -0.2) is 13.8 Å². The van der Waals surface area contributed by atoms with Crippen LogP contribution in [0.5, 0.6) is 5.88 Å². The number of carbonyl (C=O) groups is 1. The minimum atomic E-state index is -0.746. The van der Waals surface area contributed by atoms with E-state index in [0.29, 0.717) is 0 Å². The zero-order valence-electron chi connectivity index (χ0n) is 13.4. The van der Waals surface area contributed by atoms with Crippen molar-refractivity contribution in [1.29, 1.82) is 5.26 Å². The van der Waals surface area contributed by atoms with Gasteiger partial charge in [0, 0.05) is 11.6 Å². The van der Waals surface area contributed by atoms with Gasteiger partial charge in [-0.1, -0.05) is 17.8 Å². The second-order valence-corrected chi connectivity index (χ2v) is 5.96. The zero-order valence-corrected chi connectivity index (χ0v) is 14.2. The van der Waals surface area contributed by atoms with E-state index in [1.165, 1.54) is 30.8 Å². The minimum Gasteiger partial charge on any atom is -0.480 e. The molecule has 3 rings (SSSR count). The summed E-state index contributed by atoms with van der Waals surface area (Å²) in [5.41, 5.74) is -0.200. The van der Waals surface area contributed by atoms with E-state index >= 15 is 0 Å². The number of halogens is 2. The Labute approximate surface area is 152 Å². The maximum atomic E-state index is 13.9. The predicted molar refractivity (Wildman–Crippen MR) is 92.8 cm³/mol. The molecule has 0 atom stereocenters. The Kier molecular flexibility index (Phi) is 5.00. The van der Waals surface area contributed by atoms with Crippen LogP contribution >= 0.6 is 11.8 Å². The van der Waals surface area contributed by atoms with Gasteiger partial charge in [0.2, 0.25) is 11.7 Å². The van der Waals surface area contributed by atoms with Crippen LogP contribution in [-0.2, 0) is 0 Å². The Bertz CT molecular complexity index is 976. The molecule has 1 aliphatic heterocycles. The summed E-state index contributed by atoms with van der Waals surface area (Å²) in [4.78, 5) is 16.6. The van der Waals surface area contributed by atoms with Crippen molar-refractivity contribution in [3.05, 3.63) is 75.3 Å². The number of benzene rings is 1. The summed E-state index contributed by atoms with van der Waals surface area (Å²) in [7, 11) is 1.36. The Morgan fingerprint density at radius 3 is 2.65 bits per heavy atom. The summed E-state index contributed by atoms with van der Waals surface area (Å²) >= 11 is 1.00. The molecular formula is C18H11F2N3O2S. The Morgan fingerprint density at radius 1 is 1.27 bits per heavy atom. The van der Waals surface area contributed by atoms with E-state index in [2.05, 4.69) is 10.3 Å². The predicted octanol–water partition coefficient (Wildman–Crippen LogP) is 3.62. The number of pyridine rings is 1. The van der Waals surface area contributed by atoms with Crippen LogP contribution in [-0.4, -0.2) is 17.9 Å². The van der Waals surface area contributed by atoms with Crippen molar-refractivity contribution in [2.75, 3.05) is 7.11 Å². The van der Waals surface area contributed by atoms with Crippen molar-refractivity contribution in [1.82, 2.24) is 10.3 Å². The number of carbonyl (C=O) groups excluding carboxylic acids is 1. The van der Waals surface area contributed by atoms with Gasteiger partial charge >= 0.3 is 0 Å². The SMILES string of the molecule is COc1ncccc1C(=O)/C(C#N)=C1\NC(c2c(F)cccc2F)=CS1. The van der Waals surface area contributed by atoms with Crippen molar-refractivity contribution in [2.24, 2.45) is 0 Å². The first kappa shape index (κ1) is 17.6. The number of rotatable bonds is 4. The smallest absolute Gasteiger partial charge is 0.224 e. The van der Waals surface area contributed by atoms with Gasteiger partial charge in [0.15, 0.2) is 0 Å². The molecule has 0 amide bonds. The van der Waals surface area contributed by atoms with Gasteiger partial charge in [0.05, 0.1) is 29.0 Å². The molecule has 26 heavy (non-hydrogen) atoms. The molecule has 130 valence electrons. The standard InChI is InChI=1S/C18H11F2N3O2S/c1-25-17-10(4-3-7-22-17)16(24)11(8-21)18-23-14(9-26-18)15-12(19)5-2-6-13(15)20/h2-7,9,23H,1H3/b18-11+. The van der Waals surface area contributed by atoms with Gasteiger partial charge in [-0.05, 0) is 24.3 Å². The molecular weight excluding hydrogens is 360 g/mol. The molecule has 1 N–H and O–H groups in total. The lowest BCUT2D eigenvalue weighted by Gasteiger charge is -2.10. The number of hydrogen-bond donors (Lipinski definition) is 1. The largest absolute Gasteiger partial charge is 0.480 e. The van der Waals surface area contributed by atoms with Crippen molar-refractivity contribution < 1.29 is 18.3 Å². The average molecular weight is 371 g/mol. The number of thioether (sulfide) groups is 1. The molecule has 0 saturated carbocycles. The fourth-order valence-electron chi connectivity index (χ4n) is 2.36. The molecule has 0 unspecified atom stereocenters. The average Bonchev–Trinajstić information content (AvgIpc) is 3.11.